The molecule has 0 bridgehead atoms. The molecule has 3 rings (SSSR count). The summed E-state index contributed by atoms with van der Waals surface area (Å²) in [7, 11) is 0. The molecule has 0 amide bonds. The van der Waals surface area contributed by atoms with Crippen LogP contribution in [-0.4, -0.2) is 32.3 Å². The van der Waals surface area contributed by atoms with Gasteiger partial charge in [0.05, 0.1) is 11.5 Å². The van der Waals surface area contributed by atoms with Gasteiger partial charge in [-0.1, -0.05) is 29.4 Å². The van der Waals surface area contributed by atoms with Crippen LogP contribution in [-0.2, 0) is 6.54 Å². The van der Waals surface area contributed by atoms with Crippen molar-refractivity contribution in [2.45, 2.75) is 13.5 Å². The second-order valence-corrected chi connectivity index (χ2v) is 7.75. The van der Waals surface area contributed by atoms with E-state index in [-0.39, 0.29) is 10.6 Å². The SMILES string of the molecule is Cc1ccc(N=C2SCCN2Cc2cnc(Cl)s2)c([N+](=O)[O-])c1. The molecule has 0 aliphatic carbocycles. The predicted molar refractivity (Wildman–Crippen MR) is 94.9 cm³/mol. The highest BCUT2D eigenvalue weighted by atomic mass is 35.5. The Morgan fingerprint density at radius 3 is 3.04 bits per heavy atom. The average molecular weight is 369 g/mol. The van der Waals surface area contributed by atoms with E-state index in [2.05, 4.69) is 14.9 Å². The van der Waals surface area contributed by atoms with E-state index in [9.17, 15) is 10.1 Å². The molecule has 1 aromatic heterocycles. The number of benzene rings is 1. The molecule has 2 aromatic rings. The van der Waals surface area contributed by atoms with E-state index < -0.39 is 0 Å². The minimum Gasteiger partial charge on any atom is -0.345 e. The fraction of sp³-hybridized carbons (Fsp3) is 0.286. The maximum absolute atomic E-state index is 11.2. The van der Waals surface area contributed by atoms with Crippen molar-refractivity contribution in [2.24, 2.45) is 4.99 Å². The molecule has 0 saturated carbocycles. The lowest BCUT2D eigenvalue weighted by molar-refractivity contribution is -0.384. The lowest BCUT2D eigenvalue weighted by atomic mass is 10.2. The summed E-state index contributed by atoms with van der Waals surface area (Å²) >= 11 is 8.89. The summed E-state index contributed by atoms with van der Waals surface area (Å²) in [4.78, 5) is 22.5. The number of hydrogen-bond donors (Lipinski definition) is 0. The molecule has 120 valence electrons. The third kappa shape index (κ3) is 3.82. The van der Waals surface area contributed by atoms with Crippen LogP contribution in [0.2, 0.25) is 4.47 Å². The minimum absolute atomic E-state index is 0.0331. The van der Waals surface area contributed by atoms with Crippen LogP contribution in [0.4, 0.5) is 11.4 Å². The fourth-order valence-electron chi connectivity index (χ4n) is 2.21. The maximum Gasteiger partial charge on any atom is 0.295 e. The normalized spacial score (nSPS) is 16.3. The van der Waals surface area contributed by atoms with E-state index in [1.807, 2.05) is 13.0 Å². The van der Waals surface area contributed by atoms with Crippen LogP contribution in [0.15, 0.2) is 29.4 Å². The molecule has 0 unspecified atom stereocenters. The van der Waals surface area contributed by atoms with Crippen LogP contribution >= 0.6 is 34.7 Å². The van der Waals surface area contributed by atoms with E-state index in [0.717, 1.165) is 27.9 Å². The van der Waals surface area contributed by atoms with Crippen LogP contribution < -0.4 is 0 Å². The van der Waals surface area contributed by atoms with Gasteiger partial charge in [0, 0.05) is 29.4 Å². The van der Waals surface area contributed by atoms with Gasteiger partial charge in [-0.15, -0.1) is 11.3 Å². The van der Waals surface area contributed by atoms with Gasteiger partial charge in [-0.3, -0.25) is 10.1 Å². The molecule has 0 spiro atoms. The molecule has 1 aliphatic rings. The van der Waals surface area contributed by atoms with Crippen molar-refractivity contribution >= 4 is 51.2 Å². The molecular weight excluding hydrogens is 356 g/mol. The Morgan fingerprint density at radius 2 is 2.35 bits per heavy atom. The fourth-order valence-corrected chi connectivity index (χ4v) is 4.20. The molecule has 1 fully saturated rings. The number of thiazole rings is 1. The van der Waals surface area contributed by atoms with Gasteiger partial charge in [-0.2, -0.15) is 0 Å². The van der Waals surface area contributed by atoms with Crippen LogP contribution in [0, 0.1) is 17.0 Å². The summed E-state index contributed by atoms with van der Waals surface area (Å²) in [5.74, 6) is 0.908. The third-order valence-corrected chi connectivity index (χ3v) is 5.37. The van der Waals surface area contributed by atoms with Crippen molar-refractivity contribution in [2.75, 3.05) is 12.3 Å². The van der Waals surface area contributed by atoms with Gasteiger partial charge in [0.2, 0.25) is 0 Å². The van der Waals surface area contributed by atoms with Gasteiger partial charge in [0.15, 0.2) is 9.63 Å². The standard InChI is InChI=1S/C14H13ClN4O2S2/c1-9-2-3-11(12(6-9)19(20)21)17-14-18(4-5-22-14)8-10-7-16-13(15)23-10/h2-3,6-7H,4-5,8H2,1H3. The van der Waals surface area contributed by atoms with Crippen molar-refractivity contribution in [1.82, 2.24) is 9.88 Å². The highest BCUT2D eigenvalue weighted by Gasteiger charge is 2.22. The molecule has 0 N–H and O–H groups in total. The Labute approximate surface area is 146 Å². The topological polar surface area (TPSA) is 71.6 Å². The molecular formula is C14H13ClN4O2S2. The molecule has 2 heterocycles. The van der Waals surface area contributed by atoms with Gasteiger partial charge in [-0.05, 0) is 18.6 Å². The molecule has 0 radical (unpaired) electrons. The second-order valence-electron chi connectivity index (χ2n) is 4.99. The van der Waals surface area contributed by atoms with Crippen LogP contribution in [0.25, 0.3) is 0 Å². The molecule has 0 atom stereocenters. The number of hydrogen-bond acceptors (Lipinski definition) is 6. The Kier molecular flexibility index (Phi) is 4.84. The quantitative estimate of drug-likeness (QED) is 0.595. The number of amidine groups is 1. The number of nitro groups is 1. The number of aliphatic imine (C=N–C) groups is 1. The highest BCUT2D eigenvalue weighted by Crippen LogP contribution is 2.32. The first-order chi connectivity index (χ1) is 11.0. The Balaban J connectivity index is 1.87. The first-order valence-electron chi connectivity index (χ1n) is 6.84. The van der Waals surface area contributed by atoms with Crippen molar-refractivity contribution in [1.29, 1.82) is 0 Å². The first-order valence-corrected chi connectivity index (χ1v) is 9.02. The Bertz CT molecular complexity index is 778. The van der Waals surface area contributed by atoms with Crippen molar-refractivity contribution in [3.8, 4) is 0 Å². The lowest BCUT2D eigenvalue weighted by Gasteiger charge is -2.16. The van der Waals surface area contributed by atoms with Gasteiger partial charge in [-0.25, -0.2) is 9.98 Å². The highest BCUT2D eigenvalue weighted by molar-refractivity contribution is 8.14. The Morgan fingerprint density at radius 1 is 1.52 bits per heavy atom. The molecule has 1 saturated heterocycles. The summed E-state index contributed by atoms with van der Waals surface area (Å²) in [5.41, 5.74) is 1.26. The van der Waals surface area contributed by atoms with E-state index in [0.29, 0.717) is 16.7 Å². The van der Waals surface area contributed by atoms with Gasteiger partial charge in [0.25, 0.3) is 5.69 Å². The zero-order valence-corrected chi connectivity index (χ0v) is 14.6. The van der Waals surface area contributed by atoms with E-state index in [4.69, 9.17) is 11.6 Å². The van der Waals surface area contributed by atoms with E-state index in [1.54, 1.807) is 30.1 Å². The summed E-state index contributed by atoms with van der Waals surface area (Å²) in [5, 5.41) is 12.0. The van der Waals surface area contributed by atoms with Crippen molar-refractivity contribution < 1.29 is 4.92 Å². The van der Waals surface area contributed by atoms with Gasteiger partial charge in [0.1, 0.15) is 5.69 Å². The summed E-state index contributed by atoms with van der Waals surface area (Å²) in [6, 6.07) is 5.08. The van der Waals surface area contributed by atoms with Crippen molar-refractivity contribution in [3.05, 3.63) is 49.4 Å². The summed E-state index contributed by atoms with van der Waals surface area (Å²) in [6.07, 6.45) is 1.75. The molecule has 1 aromatic carbocycles. The zero-order valence-electron chi connectivity index (χ0n) is 12.2. The molecule has 1 aliphatic heterocycles. The molecule has 9 heteroatoms. The van der Waals surface area contributed by atoms with Crippen LogP contribution in [0.3, 0.4) is 0 Å². The number of rotatable bonds is 4. The second kappa shape index (κ2) is 6.86. The lowest BCUT2D eigenvalue weighted by Crippen LogP contribution is -2.23. The monoisotopic (exact) mass is 368 g/mol. The van der Waals surface area contributed by atoms with Gasteiger partial charge >= 0.3 is 0 Å². The summed E-state index contributed by atoms with van der Waals surface area (Å²) in [6.45, 7) is 3.34. The van der Waals surface area contributed by atoms with E-state index in [1.165, 1.54) is 11.3 Å². The van der Waals surface area contributed by atoms with Crippen molar-refractivity contribution in [3.63, 3.8) is 0 Å². The third-order valence-electron chi connectivity index (χ3n) is 3.28. The predicted octanol–water partition coefficient (Wildman–Crippen LogP) is 4.25. The number of thioether (sulfide) groups is 1. The summed E-state index contributed by atoms with van der Waals surface area (Å²) < 4.78 is 0.513. The number of aryl methyl sites for hydroxylation is 1. The number of nitro benzene ring substituents is 1. The largest absolute Gasteiger partial charge is 0.345 e. The van der Waals surface area contributed by atoms with Crippen LogP contribution in [0.5, 0.6) is 0 Å². The zero-order chi connectivity index (χ0) is 16.4. The smallest absolute Gasteiger partial charge is 0.295 e. The molecule has 23 heavy (non-hydrogen) atoms. The Hall–Kier alpha value is -1.64. The number of aromatic nitrogens is 1. The van der Waals surface area contributed by atoms with Gasteiger partial charge < -0.3 is 4.90 Å². The number of halogens is 1. The maximum atomic E-state index is 11.2. The minimum atomic E-state index is -0.390. The van der Waals surface area contributed by atoms with Crippen LogP contribution in [0.1, 0.15) is 10.4 Å². The molecule has 6 nitrogen and oxygen atoms in total. The number of nitrogens with zero attached hydrogens (tertiary/aromatic N) is 4. The first kappa shape index (κ1) is 16.2. The van der Waals surface area contributed by atoms with E-state index >= 15 is 0 Å². The average Bonchev–Trinajstić information content (AvgIpc) is 3.11.